The summed E-state index contributed by atoms with van der Waals surface area (Å²) in [7, 11) is 0. The number of H-pyrrole nitrogens is 1. The molecule has 4 aromatic rings. The minimum absolute atomic E-state index is 0.908. The largest absolute Gasteiger partial charge is 0.339 e. The van der Waals surface area contributed by atoms with Crippen molar-refractivity contribution >= 4 is 27.5 Å². The second-order valence-electron chi connectivity index (χ2n) is 5.10. The number of nitrogens with one attached hydrogen (secondary N) is 1. The van der Waals surface area contributed by atoms with E-state index in [1.165, 1.54) is 5.39 Å². The maximum Gasteiger partial charge on any atom is 0.138 e. The number of fused-ring (bicyclic) bond motifs is 3. The second-order valence-corrected chi connectivity index (χ2v) is 5.10. The fourth-order valence-electron chi connectivity index (χ4n) is 2.81. The molecule has 100 valence electrons. The Morgan fingerprint density at radius 3 is 2.52 bits per heavy atom. The summed E-state index contributed by atoms with van der Waals surface area (Å²) in [5.41, 5.74) is 5.30. The summed E-state index contributed by atoms with van der Waals surface area (Å²) in [6.07, 6.45) is 1.83. The van der Waals surface area contributed by atoms with Gasteiger partial charge >= 0.3 is 0 Å². The van der Waals surface area contributed by atoms with E-state index in [1.807, 2.05) is 36.5 Å². The van der Waals surface area contributed by atoms with Crippen molar-refractivity contribution in [1.29, 1.82) is 0 Å². The van der Waals surface area contributed by atoms with Gasteiger partial charge in [-0.2, -0.15) is 0 Å². The lowest BCUT2D eigenvalue weighted by Gasteiger charge is -2.08. The van der Waals surface area contributed by atoms with Gasteiger partial charge < -0.3 is 4.98 Å². The third-order valence-electron chi connectivity index (χ3n) is 3.85. The molecule has 0 saturated carbocycles. The Balaban J connectivity index is 2.03. The van der Waals surface area contributed by atoms with Crippen LogP contribution in [0.4, 0.5) is 0 Å². The molecule has 2 aromatic heterocycles. The molecular formula is C19H14N2. The normalized spacial score (nSPS) is 11.0. The predicted molar refractivity (Wildman–Crippen MR) is 88.2 cm³/mol. The highest BCUT2D eigenvalue weighted by Crippen LogP contribution is 2.32. The average molecular weight is 270 g/mol. The Kier molecular flexibility index (Phi) is 2.61. The van der Waals surface area contributed by atoms with Crippen molar-refractivity contribution < 1.29 is 0 Å². The molecule has 0 bridgehead atoms. The molecule has 0 aliphatic heterocycles. The van der Waals surface area contributed by atoms with Gasteiger partial charge in [0.25, 0.3) is 0 Å². The first kappa shape index (κ1) is 11.9. The zero-order chi connectivity index (χ0) is 14.2. The zero-order valence-corrected chi connectivity index (χ0v) is 11.5. The standard InChI is InChI=1S/C19H14N2/c1-13(14-7-3-2-4-8-14)15-11-12-20-19-18(15)16-9-5-6-10-17(16)21-19/h2-12H,1H2,(H,20,21). The summed E-state index contributed by atoms with van der Waals surface area (Å²) in [5.74, 6) is 0. The molecule has 2 heteroatoms. The van der Waals surface area contributed by atoms with Crippen molar-refractivity contribution in [2.75, 3.05) is 0 Å². The lowest BCUT2D eigenvalue weighted by Crippen LogP contribution is -1.88. The lowest BCUT2D eigenvalue weighted by atomic mass is 9.97. The monoisotopic (exact) mass is 270 g/mol. The van der Waals surface area contributed by atoms with E-state index in [4.69, 9.17) is 0 Å². The molecule has 2 aromatic carbocycles. The zero-order valence-electron chi connectivity index (χ0n) is 11.5. The molecule has 0 aliphatic rings. The van der Waals surface area contributed by atoms with Gasteiger partial charge in [0.05, 0.1) is 0 Å². The summed E-state index contributed by atoms with van der Waals surface area (Å²) in [6, 6.07) is 20.6. The van der Waals surface area contributed by atoms with E-state index in [0.29, 0.717) is 0 Å². The minimum atomic E-state index is 0.908. The average Bonchev–Trinajstić information content (AvgIpc) is 2.93. The van der Waals surface area contributed by atoms with Crippen LogP contribution in [0.15, 0.2) is 73.4 Å². The van der Waals surface area contributed by atoms with Crippen molar-refractivity contribution in [3.05, 3.63) is 84.6 Å². The van der Waals surface area contributed by atoms with Crippen LogP contribution < -0.4 is 0 Å². The number of hydrogen-bond acceptors (Lipinski definition) is 1. The summed E-state index contributed by atoms with van der Waals surface area (Å²) >= 11 is 0. The highest BCUT2D eigenvalue weighted by Gasteiger charge is 2.12. The highest BCUT2D eigenvalue weighted by molar-refractivity contribution is 6.11. The van der Waals surface area contributed by atoms with Crippen LogP contribution in [-0.4, -0.2) is 9.97 Å². The molecule has 0 radical (unpaired) electrons. The fraction of sp³-hybridized carbons (Fsp3) is 0. The van der Waals surface area contributed by atoms with Crippen LogP contribution in [0.25, 0.3) is 27.5 Å². The van der Waals surface area contributed by atoms with E-state index in [2.05, 4.69) is 46.9 Å². The first-order chi connectivity index (χ1) is 10.3. The first-order valence-corrected chi connectivity index (χ1v) is 6.95. The topological polar surface area (TPSA) is 28.7 Å². The van der Waals surface area contributed by atoms with E-state index in [9.17, 15) is 0 Å². The van der Waals surface area contributed by atoms with E-state index in [1.54, 1.807) is 0 Å². The van der Waals surface area contributed by atoms with Crippen molar-refractivity contribution in [2.24, 2.45) is 0 Å². The molecular weight excluding hydrogens is 256 g/mol. The van der Waals surface area contributed by atoms with Gasteiger partial charge in [-0.1, -0.05) is 55.1 Å². The maximum atomic E-state index is 4.46. The molecule has 2 heterocycles. The third kappa shape index (κ3) is 1.84. The van der Waals surface area contributed by atoms with Gasteiger partial charge in [0, 0.05) is 22.5 Å². The molecule has 4 rings (SSSR count). The summed E-state index contributed by atoms with van der Waals surface area (Å²) in [6.45, 7) is 4.29. The van der Waals surface area contributed by atoms with Crippen molar-refractivity contribution in [3.63, 3.8) is 0 Å². The van der Waals surface area contributed by atoms with Gasteiger partial charge in [-0.05, 0) is 28.8 Å². The SMILES string of the molecule is C=C(c1ccccc1)c1ccnc2[nH]c3ccccc3c12. The van der Waals surface area contributed by atoms with E-state index >= 15 is 0 Å². The van der Waals surface area contributed by atoms with Crippen LogP contribution in [0.3, 0.4) is 0 Å². The van der Waals surface area contributed by atoms with Gasteiger partial charge in [0.2, 0.25) is 0 Å². The first-order valence-electron chi connectivity index (χ1n) is 6.95. The molecule has 1 N–H and O–H groups in total. The Labute approximate surface area is 122 Å². The molecule has 21 heavy (non-hydrogen) atoms. The minimum Gasteiger partial charge on any atom is -0.339 e. The number of benzene rings is 2. The van der Waals surface area contributed by atoms with Gasteiger partial charge in [0.15, 0.2) is 0 Å². The van der Waals surface area contributed by atoms with E-state index < -0.39 is 0 Å². The molecule has 0 saturated heterocycles. The Bertz CT molecular complexity index is 949. The number of nitrogens with zero attached hydrogens (tertiary/aromatic N) is 1. The number of rotatable bonds is 2. The van der Waals surface area contributed by atoms with Gasteiger partial charge in [0.1, 0.15) is 5.65 Å². The van der Waals surface area contributed by atoms with Crippen LogP contribution in [0.1, 0.15) is 11.1 Å². The maximum absolute atomic E-state index is 4.46. The second kappa shape index (κ2) is 4.60. The van der Waals surface area contributed by atoms with Crippen LogP contribution in [-0.2, 0) is 0 Å². The fourth-order valence-corrected chi connectivity index (χ4v) is 2.81. The molecule has 0 amide bonds. The highest BCUT2D eigenvalue weighted by atomic mass is 14.8. The Morgan fingerprint density at radius 1 is 0.905 bits per heavy atom. The van der Waals surface area contributed by atoms with Gasteiger partial charge in [-0.3, -0.25) is 0 Å². The van der Waals surface area contributed by atoms with Crippen molar-refractivity contribution in [2.45, 2.75) is 0 Å². The number of aromatic nitrogens is 2. The predicted octanol–water partition coefficient (Wildman–Crippen LogP) is 4.78. The van der Waals surface area contributed by atoms with Crippen molar-refractivity contribution in [1.82, 2.24) is 9.97 Å². The molecule has 0 unspecified atom stereocenters. The summed E-state index contributed by atoms with van der Waals surface area (Å²) < 4.78 is 0. The molecule has 0 atom stereocenters. The van der Waals surface area contributed by atoms with E-state index in [0.717, 1.165) is 33.3 Å². The molecule has 2 nitrogen and oxygen atoms in total. The third-order valence-corrected chi connectivity index (χ3v) is 3.85. The van der Waals surface area contributed by atoms with Crippen LogP contribution in [0.5, 0.6) is 0 Å². The smallest absolute Gasteiger partial charge is 0.138 e. The van der Waals surface area contributed by atoms with Crippen LogP contribution >= 0.6 is 0 Å². The molecule has 0 aliphatic carbocycles. The Morgan fingerprint density at radius 2 is 1.67 bits per heavy atom. The lowest BCUT2D eigenvalue weighted by molar-refractivity contribution is 1.34. The number of hydrogen-bond donors (Lipinski definition) is 1. The summed E-state index contributed by atoms with van der Waals surface area (Å²) in [4.78, 5) is 7.83. The van der Waals surface area contributed by atoms with Gasteiger partial charge in [-0.15, -0.1) is 0 Å². The van der Waals surface area contributed by atoms with Crippen molar-refractivity contribution in [3.8, 4) is 0 Å². The Hall–Kier alpha value is -2.87. The number of para-hydroxylation sites is 1. The molecule has 0 fully saturated rings. The number of aromatic amines is 1. The number of pyridine rings is 1. The summed E-state index contributed by atoms with van der Waals surface area (Å²) in [5, 5.41) is 2.33. The molecule has 0 spiro atoms. The van der Waals surface area contributed by atoms with E-state index in [-0.39, 0.29) is 0 Å². The van der Waals surface area contributed by atoms with Crippen LogP contribution in [0.2, 0.25) is 0 Å². The van der Waals surface area contributed by atoms with Gasteiger partial charge in [-0.25, -0.2) is 4.98 Å². The quantitative estimate of drug-likeness (QED) is 0.558. The van der Waals surface area contributed by atoms with Crippen LogP contribution in [0, 0.1) is 0 Å².